The van der Waals surface area contributed by atoms with Gasteiger partial charge in [-0.1, -0.05) is 33.3 Å². The summed E-state index contributed by atoms with van der Waals surface area (Å²) in [5.74, 6) is 0. The van der Waals surface area contributed by atoms with Crippen molar-refractivity contribution in [3.8, 4) is 0 Å². The molecule has 106 valence electrons. The van der Waals surface area contributed by atoms with Crippen LogP contribution in [0, 0.1) is 0 Å². The van der Waals surface area contributed by atoms with Gasteiger partial charge in [0.05, 0.1) is 17.4 Å². The van der Waals surface area contributed by atoms with Crippen LogP contribution in [0.5, 0.6) is 0 Å². The molecule has 0 saturated carbocycles. The van der Waals surface area contributed by atoms with Crippen LogP contribution in [-0.4, -0.2) is 11.5 Å². The number of nitrogens with zero attached hydrogens (tertiary/aromatic N) is 2. The molecule has 3 rings (SSSR count). The Morgan fingerprint density at radius 1 is 1.35 bits per heavy atom. The molecule has 0 saturated heterocycles. The van der Waals surface area contributed by atoms with E-state index in [1.54, 1.807) is 0 Å². The number of pyridine rings is 1. The maximum absolute atomic E-state index is 4.65. The number of hydrogen-bond donors (Lipinski definition) is 0. The van der Waals surface area contributed by atoms with Crippen molar-refractivity contribution < 1.29 is 0 Å². The quantitative estimate of drug-likeness (QED) is 0.804. The summed E-state index contributed by atoms with van der Waals surface area (Å²) in [5, 5.41) is 2.18. The Hall–Kier alpha value is -1.35. The Morgan fingerprint density at radius 3 is 2.90 bits per heavy atom. The highest BCUT2D eigenvalue weighted by Crippen LogP contribution is 2.44. The molecule has 3 heteroatoms. The maximum atomic E-state index is 4.65. The molecule has 0 amide bonds. The van der Waals surface area contributed by atoms with Crippen molar-refractivity contribution in [2.75, 3.05) is 11.4 Å². The van der Waals surface area contributed by atoms with E-state index >= 15 is 0 Å². The van der Waals surface area contributed by atoms with Gasteiger partial charge in [-0.3, -0.25) is 4.98 Å². The first-order valence-corrected chi connectivity index (χ1v) is 8.27. The van der Waals surface area contributed by atoms with Gasteiger partial charge in [0, 0.05) is 23.0 Å². The third-order valence-electron chi connectivity index (χ3n) is 4.11. The van der Waals surface area contributed by atoms with Gasteiger partial charge in [0.25, 0.3) is 0 Å². The number of anilines is 1. The molecule has 0 aliphatic carbocycles. The Morgan fingerprint density at radius 2 is 2.20 bits per heavy atom. The molecule has 0 unspecified atom stereocenters. The van der Waals surface area contributed by atoms with Crippen LogP contribution in [0.25, 0.3) is 0 Å². The van der Waals surface area contributed by atoms with Gasteiger partial charge in [-0.2, -0.15) is 0 Å². The molecule has 0 fully saturated rings. The molecule has 0 aromatic carbocycles. The Labute approximate surface area is 125 Å². The van der Waals surface area contributed by atoms with Gasteiger partial charge in [-0.15, -0.1) is 11.3 Å². The fourth-order valence-corrected chi connectivity index (χ4v) is 4.09. The van der Waals surface area contributed by atoms with E-state index < -0.39 is 0 Å². The third kappa shape index (κ3) is 2.24. The summed E-state index contributed by atoms with van der Waals surface area (Å²) in [4.78, 5) is 8.69. The van der Waals surface area contributed by atoms with Gasteiger partial charge < -0.3 is 4.90 Å². The van der Waals surface area contributed by atoms with E-state index in [1.165, 1.54) is 29.1 Å². The summed E-state index contributed by atoms with van der Waals surface area (Å²) in [7, 11) is 0. The van der Waals surface area contributed by atoms with Crippen molar-refractivity contribution in [2.24, 2.45) is 0 Å². The smallest absolute Gasteiger partial charge is 0.0710 e. The molecule has 3 heterocycles. The van der Waals surface area contributed by atoms with Crippen LogP contribution in [-0.2, 0) is 5.41 Å². The average molecular weight is 286 g/mol. The highest BCUT2D eigenvalue weighted by molar-refractivity contribution is 7.10. The predicted octanol–water partition coefficient (Wildman–Crippen LogP) is 4.78. The second kappa shape index (κ2) is 5.21. The summed E-state index contributed by atoms with van der Waals surface area (Å²) < 4.78 is 0. The summed E-state index contributed by atoms with van der Waals surface area (Å²) in [5.41, 5.74) is 2.71. The van der Waals surface area contributed by atoms with Crippen molar-refractivity contribution in [1.29, 1.82) is 0 Å². The van der Waals surface area contributed by atoms with Gasteiger partial charge in [-0.05, 0) is 30.0 Å². The Kier molecular flexibility index (Phi) is 3.55. The number of fused-ring (bicyclic) bond motifs is 1. The number of hydrogen-bond acceptors (Lipinski definition) is 3. The minimum Gasteiger partial charge on any atom is -0.361 e. The normalized spacial score (nSPS) is 18.1. The van der Waals surface area contributed by atoms with Crippen LogP contribution < -0.4 is 4.90 Å². The van der Waals surface area contributed by atoms with E-state index in [0.717, 1.165) is 6.54 Å². The van der Waals surface area contributed by atoms with E-state index in [4.69, 9.17) is 0 Å². The molecule has 0 spiro atoms. The van der Waals surface area contributed by atoms with E-state index in [-0.39, 0.29) is 5.41 Å². The minimum atomic E-state index is 0.139. The van der Waals surface area contributed by atoms with Crippen LogP contribution >= 0.6 is 11.3 Å². The minimum absolute atomic E-state index is 0.139. The van der Waals surface area contributed by atoms with E-state index in [9.17, 15) is 0 Å². The topological polar surface area (TPSA) is 16.1 Å². The number of aromatic nitrogens is 1. The van der Waals surface area contributed by atoms with Crippen LogP contribution in [0.3, 0.4) is 0 Å². The van der Waals surface area contributed by atoms with Crippen molar-refractivity contribution in [3.05, 3.63) is 46.4 Å². The third-order valence-corrected chi connectivity index (χ3v) is 5.09. The van der Waals surface area contributed by atoms with Crippen molar-refractivity contribution in [3.63, 3.8) is 0 Å². The summed E-state index contributed by atoms with van der Waals surface area (Å²) in [6.07, 6.45) is 4.32. The van der Waals surface area contributed by atoms with E-state index in [2.05, 4.69) is 60.3 Å². The fourth-order valence-electron chi connectivity index (χ4n) is 3.22. The molecular formula is C17H22N2S. The maximum Gasteiger partial charge on any atom is 0.0710 e. The molecule has 1 aliphatic heterocycles. The van der Waals surface area contributed by atoms with Gasteiger partial charge in [0.2, 0.25) is 0 Å². The van der Waals surface area contributed by atoms with Crippen LogP contribution in [0.4, 0.5) is 5.69 Å². The van der Waals surface area contributed by atoms with Gasteiger partial charge in [0.15, 0.2) is 0 Å². The zero-order valence-electron chi connectivity index (χ0n) is 12.5. The van der Waals surface area contributed by atoms with Crippen LogP contribution in [0.15, 0.2) is 35.8 Å². The molecule has 20 heavy (non-hydrogen) atoms. The molecule has 2 nitrogen and oxygen atoms in total. The largest absolute Gasteiger partial charge is 0.361 e. The molecule has 2 aromatic rings. The molecule has 1 aliphatic rings. The summed E-state index contributed by atoms with van der Waals surface area (Å²) in [6, 6.07) is 9.21. The molecule has 0 radical (unpaired) electrons. The summed E-state index contributed by atoms with van der Waals surface area (Å²) in [6.45, 7) is 7.93. The first-order valence-electron chi connectivity index (χ1n) is 7.39. The van der Waals surface area contributed by atoms with Crippen molar-refractivity contribution in [1.82, 2.24) is 4.98 Å². The standard InChI is InChI=1S/C17H22N2S/c1-4-7-13(15-9-6-11-20-15)19-12-17(2,3)16-14(19)8-5-10-18-16/h5-6,8-11,13H,4,7,12H2,1-3H3/t13-/m0/s1. The lowest BCUT2D eigenvalue weighted by Crippen LogP contribution is -2.31. The molecule has 1 atom stereocenters. The Bertz CT molecular complexity index is 574. The van der Waals surface area contributed by atoms with Gasteiger partial charge >= 0.3 is 0 Å². The van der Waals surface area contributed by atoms with E-state index in [0.29, 0.717) is 6.04 Å². The van der Waals surface area contributed by atoms with Gasteiger partial charge in [0.1, 0.15) is 0 Å². The van der Waals surface area contributed by atoms with E-state index in [1.807, 2.05) is 17.5 Å². The zero-order valence-corrected chi connectivity index (χ0v) is 13.3. The zero-order chi connectivity index (χ0) is 14.2. The monoisotopic (exact) mass is 286 g/mol. The second-order valence-electron chi connectivity index (χ2n) is 6.20. The number of thiophene rings is 1. The molecule has 0 N–H and O–H groups in total. The number of rotatable bonds is 4. The molecule has 2 aromatic heterocycles. The average Bonchev–Trinajstić information content (AvgIpc) is 3.04. The predicted molar refractivity (Wildman–Crippen MR) is 86.6 cm³/mol. The van der Waals surface area contributed by atoms with Crippen LogP contribution in [0.2, 0.25) is 0 Å². The van der Waals surface area contributed by atoms with Crippen molar-refractivity contribution >= 4 is 17.0 Å². The SMILES string of the molecule is CCC[C@@H](c1cccs1)N1CC(C)(C)c2ncccc21. The summed E-state index contributed by atoms with van der Waals surface area (Å²) >= 11 is 1.87. The first-order chi connectivity index (χ1) is 9.63. The van der Waals surface area contributed by atoms with Crippen LogP contribution in [0.1, 0.15) is 50.2 Å². The lowest BCUT2D eigenvalue weighted by atomic mass is 9.91. The fraction of sp³-hybridized carbons (Fsp3) is 0.471. The van der Waals surface area contributed by atoms with Crippen molar-refractivity contribution in [2.45, 2.75) is 45.1 Å². The molecule has 0 bridgehead atoms. The second-order valence-corrected chi connectivity index (χ2v) is 7.18. The first kappa shape index (κ1) is 13.6. The Balaban J connectivity index is 2.01. The molecular weight excluding hydrogens is 264 g/mol. The highest BCUT2D eigenvalue weighted by Gasteiger charge is 2.39. The lowest BCUT2D eigenvalue weighted by Gasteiger charge is -2.30. The lowest BCUT2D eigenvalue weighted by molar-refractivity contribution is 0.496. The van der Waals surface area contributed by atoms with Gasteiger partial charge in [-0.25, -0.2) is 0 Å². The highest BCUT2D eigenvalue weighted by atomic mass is 32.1.